The van der Waals surface area contributed by atoms with E-state index in [0.29, 0.717) is 11.3 Å². The summed E-state index contributed by atoms with van der Waals surface area (Å²) in [4.78, 5) is 40.8. The highest BCUT2D eigenvalue weighted by Crippen LogP contribution is 2.20. The molecule has 0 aliphatic rings. The van der Waals surface area contributed by atoms with Gasteiger partial charge in [-0.3, -0.25) is 19.6 Å². The Morgan fingerprint density at radius 3 is 2.24 bits per heavy atom. The maximum Gasteiger partial charge on any atom is 0.274 e. The number of H-pyrrole nitrogens is 1. The lowest BCUT2D eigenvalue weighted by Crippen LogP contribution is -2.45. The Hall–Kier alpha value is -4.43. The van der Waals surface area contributed by atoms with Gasteiger partial charge < -0.3 is 15.6 Å². The summed E-state index contributed by atoms with van der Waals surface area (Å²) >= 11 is 0. The Bertz CT molecular complexity index is 1330. The summed E-state index contributed by atoms with van der Waals surface area (Å²) in [6, 6.07) is 20.1. The highest BCUT2D eigenvalue weighted by molar-refractivity contribution is 6.02. The molecule has 0 bridgehead atoms. The number of rotatable bonds is 7. The highest BCUT2D eigenvalue weighted by Gasteiger charge is 2.23. The van der Waals surface area contributed by atoms with E-state index in [0.717, 1.165) is 22.0 Å². The molecule has 0 saturated heterocycles. The Balaban J connectivity index is 1.56. The Morgan fingerprint density at radius 2 is 1.53 bits per heavy atom. The van der Waals surface area contributed by atoms with Crippen molar-refractivity contribution >= 4 is 34.3 Å². The van der Waals surface area contributed by atoms with Crippen molar-refractivity contribution < 1.29 is 19.6 Å². The van der Waals surface area contributed by atoms with Gasteiger partial charge in [0.25, 0.3) is 11.8 Å². The molecule has 1 aromatic heterocycles. The van der Waals surface area contributed by atoms with Crippen LogP contribution in [0.25, 0.3) is 10.9 Å². The first kappa shape index (κ1) is 22.8. The summed E-state index contributed by atoms with van der Waals surface area (Å²) < 4.78 is 0. The number of nitrogens with one attached hydrogen (secondary N) is 4. The van der Waals surface area contributed by atoms with Crippen molar-refractivity contribution in [2.24, 2.45) is 0 Å². The lowest BCUT2D eigenvalue weighted by molar-refractivity contribution is -0.118. The number of carbonyl (C=O) groups excluding carboxylic acids is 3. The molecule has 3 amide bonds. The number of hydrogen-bond donors (Lipinski definition) is 5. The molecule has 8 heteroatoms. The molecule has 0 radical (unpaired) electrons. The second-order valence-corrected chi connectivity index (χ2v) is 7.96. The van der Waals surface area contributed by atoms with E-state index in [4.69, 9.17) is 5.21 Å². The van der Waals surface area contributed by atoms with Gasteiger partial charge in [-0.05, 0) is 55.0 Å². The van der Waals surface area contributed by atoms with Gasteiger partial charge in [0.05, 0.1) is 0 Å². The van der Waals surface area contributed by atoms with E-state index in [1.54, 1.807) is 29.7 Å². The number of anilines is 1. The molecule has 34 heavy (non-hydrogen) atoms. The van der Waals surface area contributed by atoms with Crippen molar-refractivity contribution in [2.75, 3.05) is 5.32 Å². The van der Waals surface area contributed by atoms with Crippen LogP contribution in [0.3, 0.4) is 0 Å². The Kier molecular flexibility index (Phi) is 6.70. The van der Waals surface area contributed by atoms with Crippen molar-refractivity contribution in [2.45, 2.75) is 19.4 Å². The second kappa shape index (κ2) is 10.0. The molecule has 8 nitrogen and oxygen atoms in total. The van der Waals surface area contributed by atoms with Gasteiger partial charge in [-0.2, -0.15) is 0 Å². The maximum absolute atomic E-state index is 13.2. The number of hydroxylamine groups is 1. The average molecular weight is 457 g/mol. The summed E-state index contributed by atoms with van der Waals surface area (Å²) in [7, 11) is 0. The van der Waals surface area contributed by atoms with E-state index >= 15 is 0 Å². The first-order valence-corrected chi connectivity index (χ1v) is 10.7. The highest BCUT2D eigenvalue weighted by atomic mass is 16.5. The Morgan fingerprint density at radius 1 is 0.882 bits per heavy atom. The van der Waals surface area contributed by atoms with Gasteiger partial charge in [0, 0.05) is 40.3 Å². The molecule has 4 aromatic rings. The van der Waals surface area contributed by atoms with Crippen LogP contribution in [0.1, 0.15) is 31.8 Å². The van der Waals surface area contributed by atoms with Gasteiger partial charge in [-0.1, -0.05) is 35.9 Å². The van der Waals surface area contributed by atoms with Crippen molar-refractivity contribution in [3.05, 3.63) is 101 Å². The number of carbonyl (C=O) groups is 3. The van der Waals surface area contributed by atoms with E-state index in [2.05, 4.69) is 15.6 Å². The molecular formula is C26H24N4O4. The number of hydrogen-bond acceptors (Lipinski definition) is 4. The predicted octanol–water partition coefficient (Wildman–Crippen LogP) is 3.58. The predicted molar refractivity (Wildman–Crippen MR) is 129 cm³/mol. The zero-order valence-electron chi connectivity index (χ0n) is 18.5. The topological polar surface area (TPSA) is 123 Å². The van der Waals surface area contributed by atoms with Gasteiger partial charge in [0.2, 0.25) is 5.91 Å². The molecule has 4 rings (SSSR count). The summed E-state index contributed by atoms with van der Waals surface area (Å²) in [6.45, 7) is 1.93. The number of fused-ring (bicyclic) bond motifs is 1. The van der Waals surface area contributed by atoms with Crippen LogP contribution in [0.15, 0.2) is 79.0 Å². The van der Waals surface area contributed by atoms with Crippen LogP contribution >= 0.6 is 0 Å². The smallest absolute Gasteiger partial charge is 0.274 e. The molecule has 0 aliphatic heterocycles. The maximum atomic E-state index is 13.2. The van der Waals surface area contributed by atoms with Crippen LogP contribution in [0.5, 0.6) is 0 Å². The van der Waals surface area contributed by atoms with E-state index in [9.17, 15) is 14.4 Å². The fraction of sp³-hybridized carbons (Fsp3) is 0.115. The van der Waals surface area contributed by atoms with Gasteiger partial charge in [0.15, 0.2) is 0 Å². The number of aromatic nitrogens is 1. The summed E-state index contributed by atoms with van der Waals surface area (Å²) in [6.07, 6.45) is 2.11. The van der Waals surface area contributed by atoms with Gasteiger partial charge >= 0.3 is 0 Å². The second-order valence-electron chi connectivity index (χ2n) is 7.96. The first-order valence-electron chi connectivity index (χ1n) is 10.7. The molecule has 3 aromatic carbocycles. The third kappa shape index (κ3) is 5.13. The minimum Gasteiger partial charge on any atom is -0.361 e. The van der Waals surface area contributed by atoms with Crippen molar-refractivity contribution in [3.8, 4) is 0 Å². The van der Waals surface area contributed by atoms with E-state index in [1.807, 2.05) is 49.5 Å². The van der Waals surface area contributed by atoms with Gasteiger partial charge in [-0.15, -0.1) is 0 Å². The molecule has 0 saturated carbocycles. The molecular weight excluding hydrogens is 432 g/mol. The monoisotopic (exact) mass is 456 g/mol. The number of benzene rings is 3. The number of aryl methyl sites for hydroxylation is 1. The number of para-hydroxylation sites is 1. The quantitative estimate of drug-likeness (QED) is 0.215. The van der Waals surface area contributed by atoms with Crippen LogP contribution in [0.2, 0.25) is 0 Å². The molecule has 5 N–H and O–H groups in total. The van der Waals surface area contributed by atoms with Crippen LogP contribution in [-0.2, 0) is 11.2 Å². The zero-order valence-corrected chi connectivity index (χ0v) is 18.5. The van der Waals surface area contributed by atoms with E-state index in [1.165, 1.54) is 12.1 Å². The van der Waals surface area contributed by atoms with Crippen LogP contribution in [0.4, 0.5) is 5.69 Å². The van der Waals surface area contributed by atoms with E-state index in [-0.39, 0.29) is 17.9 Å². The molecule has 1 heterocycles. The normalized spacial score (nSPS) is 11.6. The third-order valence-corrected chi connectivity index (χ3v) is 5.55. The summed E-state index contributed by atoms with van der Waals surface area (Å²) in [5.41, 5.74) is 5.59. The Labute approximate surface area is 196 Å². The number of aromatic amines is 1. The van der Waals surface area contributed by atoms with Crippen LogP contribution in [-0.4, -0.2) is 34.0 Å². The average Bonchev–Trinajstić information content (AvgIpc) is 3.26. The minimum atomic E-state index is -0.853. The fourth-order valence-electron chi connectivity index (χ4n) is 3.68. The summed E-state index contributed by atoms with van der Waals surface area (Å²) in [5.74, 6) is -1.40. The molecule has 0 unspecified atom stereocenters. The number of amides is 3. The minimum absolute atomic E-state index is 0.239. The zero-order chi connectivity index (χ0) is 24.1. The molecule has 0 fully saturated rings. The standard InChI is InChI=1S/C26H24N4O4/c1-16-6-8-17(9-7-16)24(31)29-23(14-19-15-27-22-5-3-2-4-21(19)22)26(33)28-20-12-10-18(11-13-20)25(32)30-34/h2-13,15,23,27,34H,14H2,1H3,(H,28,33)(H,29,31)(H,30,32)/t23-/m0/s1. The van der Waals surface area contributed by atoms with Crippen LogP contribution < -0.4 is 16.1 Å². The van der Waals surface area contributed by atoms with Crippen molar-refractivity contribution in [1.82, 2.24) is 15.8 Å². The summed E-state index contributed by atoms with van der Waals surface area (Å²) in [5, 5.41) is 15.4. The lowest BCUT2D eigenvalue weighted by Gasteiger charge is -2.19. The van der Waals surface area contributed by atoms with E-state index < -0.39 is 17.9 Å². The largest absolute Gasteiger partial charge is 0.361 e. The van der Waals surface area contributed by atoms with Gasteiger partial charge in [0.1, 0.15) is 6.04 Å². The van der Waals surface area contributed by atoms with Gasteiger partial charge in [-0.25, -0.2) is 5.48 Å². The molecule has 172 valence electrons. The third-order valence-electron chi connectivity index (χ3n) is 5.55. The van der Waals surface area contributed by atoms with Crippen molar-refractivity contribution in [3.63, 3.8) is 0 Å². The van der Waals surface area contributed by atoms with Crippen molar-refractivity contribution in [1.29, 1.82) is 0 Å². The molecule has 0 aliphatic carbocycles. The first-order chi connectivity index (χ1) is 16.4. The van der Waals surface area contributed by atoms with Crippen LogP contribution in [0, 0.1) is 6.92 Å². The molecule has 0 spiro atoms. The molecule has 1 atom stereocenters. The fourth-order valence-corrected chi connectivity index (χ4v) is 3.68. The SMILES string of the molecule is Cc1ccc(C(=O)N[C@@H](Cc2c[nH]c3ccccc23)C(=O)Nc2ccc(C(=O)NO)cc2)cc1. The lowest BCUT2D eigenvalue weighted by atomic mass is 10.0.